The third-order valence-electron chi connectivity index (χ3n) is 6.81. The Hall–Kier alpha value is -3.10. The number of ether oxygens (including phenoxy) is 2. The number of carbonyl (C=O) groups excluding carboxylic acids is 2. The summed E-state index contributed by atoms with van der Waals surface area (Å²) in [5.41, 5.74) is 2.41. The summed E-state index contributed by atoms with van der Waals surface area (Å²) in [5, 5.41) is -0.000977. The average Bonchev–Trinajstić information content (AvgIpc) is 2.85. The maximum Gasteiger partial charge on any atom is 0.339 e. The first-order valence-electron chi connectivity index (χ1n) is 12.4. The van der Waals surface area contributed by atoms with E-state index in [-0.39, 0.29) is 39.6 Å². The van der Waals surface area contributed by atoms with Gasteiger partial charge in [0.05, 0.1) is 11.6 Å². The Morgan fingerprint density at radius 2 is 1.54 bits per heavy atom. The monoisotopic (exact) mass is 542 g/mol. The van der Waals surface area contributed by atoms with Crippen LogP contribution >= 0.6 is 11.6 Å². The van der Waals surface area contributed by atoms with E-state index in [4.69, 9.17) is 25.3 Å². The summed E-state index contributed by atoms with van der Waals surface area (Å²) in [5.74, 6) is 0.396. The number of ketones is 2. The van der Waals surface area contributed by atoms with E-state index in [1.807, 2.05) is 6.92 Å². The molecule has 0 saturated carbocycles. The first-order chi connectivity index (χ1) is 17.7. The Morgan fingerprint density at radius 1 is 0.946 bits per heavy atom. The van der Waals surface area contributed by atoms with Crippen molar-refractivity contribution in [3.8, 4) is 11.5 Å². The Bertz CT molecular complexity index is 1410. The van der Waals surface area contributed by atoms with Gasteiger partial charge in [0.1, 0.15) is 16.4 Å². The lowest BCUT2D eigenvalue weighted by Gasteiger charge is -2.36. The molecule has 1 heterocycles. The van der Waals surface area contributed by atoms with Crippen LogP contribution in [0.15, 0.2) is 64.0 Å². The van der Waals surface area contributed by atoms with Crippen molar-refractivity contribution >= 4 is 33.3 Å². The van der Waals surface area contributed by atoms with Gasteiger partial charge in [0.25, 0.3) is 0 Å². The van der Waals surface area contributed by atoms with Gasteiger partial charge in [-0.2, -0.15) is 8.42 Å². The van der Waals surface area contributed by atoms with Crippen molar-refractivity contribution in [3.63, 3.8) is 0 Å². The van der Waals surface area contributed by atoms with E-state index in [9.17, 15) is 18.0 Å². The molecular weight excluding hydrogens is 516 g/mol. The van der Waals surface area contributed by atoms with Gasteiger partial charge in [-0.1, -0.05) is 29.3 Å². The molecule has 0 saturated heterocycles. The molecule has 9 heteroatoms. The Balaban J connectivity index is 1.62. The number of allylic oxidation sites excluding steroid dienone is 4. The molecule has 0 radical (unpaired) electrons. The fourth-order valence-electron chi connectivity index (χ4n) is 5.11. The van der Waals surface area contributed by atoms with Crippen LogP contribution in [0.5, 0.6) is 11.5 Å². The zero-order chi connectivity index (χ0) is 26.3. The second-order valence-corrected chi connectivity index (χ2v) is 11.3. The number of Topliss-reactive ketones (excluding diaryl/α,β-unsaturated/α-hetero) is 2. The molecule has 0 unspecified atom stereocenters. The highest BCUT2D eigenvalue weighted by atomic mass is 35.5. The molecule has 5 rings (SSSR count). The summed E-state index contributed by atoms with van der Waals surface area (Å²) in [6, 6.07) is 9.44. The summed E-state index contributed by atoms with van der Waals surface area (Å²) in [6.45, 7) is 3.82. The van der Waals surface area contributed by atoms with Gasteiger partial charge in [-0.05, 0) is 56.5 Å². The second kappa shape index (κ2) is 9.99. The van der Waals surface area contributed by atoms with Crippen LogP contribution in [0, 0.1) is 6.92 Å². The minimum atomic E-state index is -4.20. The van der Waals surface area contributed by atoms with Gasteiger partial charge in [0.2, 0.25) is 5.75 Å². The maximum atomic E-state index is 13.1. The second-order valence-electron chi connectivity index (χ2n) is 9.38. The molecule has 2 aromatic carbocycles. The molecule has 0 aromatic heterocycles. The summed E-state index contributed by atoms with van der Waals surface area (Å²) >= 11 is 6.63. The molecule has 7 nitrogen and oxygen atoms in total. The Labute approximate surface area is 221 Å². The van der Waals surface area contributed by atoms with Crippen molar-refractivity contribution in [1.82, 2.24) is 0 Å². The van der Waals surface area contributed by atoms with Crippen LogP contribution in [0.25, 0.3) is 0 Å². The number of carbonyl (C=O) groups is 2. The lowest BCUT2D eigenvalue weighted by Crippen LogP contribution is -2.30. The van der Waals surface area contributed by atoms with Crippen LogP contribution in [-0.2, 0) is 24.4 Å². The average molecular weight is 543 g/mol. The van der Waals surface area contributed by atoms with E-state index in [1.165, 1.54) is 12.1 Å². The standard InChI is InChI=1S/C28H27ClO7S/c1-3-34-24-15-17(14-19(29)28(24)36-37(32,33)18-12-10-16(2)11-13-18)25-26-20(30)6-4-8-22(26)35-23-9-5-7-21(31)27(23)25/h10-15,25H,3-9H2,1-2H3. The van der Waals surface area contributed by atoms with Crippen molar-refractivity contribution in [1.29, 1.82) is 0 Å². The SMILES string of the molecule is CCOc1cc(C2C3=C(CCCC3=O)OC3=C2C(=O)CCC3)cc(Cl)c1OS(=O)(=O)c1ccc(C)cc1. The predicted octanol–water partition coefficient (Wildman–Crippen LogP) is 5.94. The molecule has 194 valence electrons. The third kappa shape index (κ3) is 4.80. The maximum absolute atomic E-state index is 13.1. The quantitative estimate of drug-likeness (QED) is 0.416. The van der Waals surface area contributed by atoms with Gasteiger partial charge in [-0.25, -0.2) is 0 Å². The molecule has 37 heavy (non-hydrogen) atoms. The van der Waals surface area contributed by atoms with Crippen molar-refractivity contribution in [2.45, 2.75) is 63.2 Å². The number of hydrogen-bond donors (Lipinski definition) is 0. The minimum absolute atomic E-state index is 0.000977. The van der Waals surface area contributed by atoms with Gasteiger partial charge in [-0.3, -0.25) is 9.59 Å². The molecule has 0 fully saturated rings. The van der Waals surface area contributed by atoms with Crippen LogP contribution in [0.2, 0.25) is 5.02 Å². The zero-order valence-corrected chi connectivity index (χ0v) is 22.2. The van der Waals surface area contributed by atoms with Gasteiger partial charge in [0.15, 0.2) is 17.3 Å². The van der Waals surface area contributed by atoms with E-state index < -0.39 is 16.0 Å². The normalized spacial score (nSPS) is 18.4. The number of halogens is 1. The molecular formula is C28H27ClO7S. The molecule has 0 N–H and O–H groups in total. The third-order valence-corrected chi connectivity index (χ3v) is 8.32. The summed E-state index contributed by atoms with van der Waals surface area (Å²) in [4.78, 5) is 26.2. The first-order valence-corrected chi connectivity index (χ1v) is 14.2. The topological polar surface area (TPSA) is 96.0 Å². The van der Waals surface area contributed by atoms with Gasteiger partial charge in [0, 0.05) is 42.7 Å². The summed E-state index contributed by atoms with van der Waals surface area (Å²) in [6.07, 6.45) is 3.36. The number of aryl methyl sites for hydroxylation is 1. The van der Waals surface area contributed by atoms with E-state index >= 15 is 0 Å². The fourth-order valence-corrected chi connectivity index (χ4v) is 6.37. The molecule has 0 spiro atoms. The fraction of sp³-hybridized carbons (Fsp3) is 0.357. The van der Waals surface area contributed by atoms with Gasteiger partial charge in [-0.15, -0.1) is 0 Å². The highest BCUT2D eigenvalue weighted by molar-refractivity contribution is 7.87. The highest BCUT2D eigenvalue weighted by Gasteiger charge is 2.42. The molecule has 0 amide bonds. The van der Waals surface area contributed by atoms with Crippen molar-refractivity contribution in [2.24, 2.45) is 0 Å². The van der Waals surface area contributed by atoms with E-state index in [0.717, 1.165) is 5.56 Å². The highest BCUT2D eigenvalue weighted by Crippen LogP contribution is 2.50. The number of rotatable bonds is 6. The molecule has 0 bridgehead atoms. The van der Waals surface area contributed by atoms with Crippen molar-refractivity contribution in [3.05, 3.63) is 75.2 Å². The molecule has 3 aliphatic rings. The smallest absolute Gasteiger partial charge is 0.339 e. The van der Waals surface area contributed by atoms with Crippen molar-refractivity contribution < 1.29 is 31.7 Å². The van der Waals surface area contributed by atoms with E-state index in [2.05, 4.69) is 0 Å². The predicted molar refractivity (Wildman–Crippen MR) is 137 cm³/mol. The Morgan fingerprint density at radius 3 is 2.11 bits per heavy atom. The largest absolute Gasteiger partial charge is 0.490 e. The lowest BCUT2D eigenvalue weighted by molar-refractivity contribution is -0.117. The summed E-state index contributed by atoms with van der Waals surface area (Å²) < 4.78 is 43.4. The molecule has 0 atom stereocenters. The van der Waals surface area contributed by atoms with E-state index in [0.29, 0.717) is 66.8 Å². The molecule has 2 aliphatic carbocycles. The van der Waals surface area contributed by atoms with Gasteiger partial charge < -0.3 is 13.7 Å². The lowest BCUT2D eigenvalue weighted by atomic mass is 9.73. The van der Waals surface area contributed by atoms with Crippen molar-refractivity contribution in [2.75, 3.05) is 6.61 Å². The van der Waals surface area contributed by atoms with Crippen LogP contribution in [0.3, 0.4) is 0 Å². The van der Waals surface area contributed by atoms with Crippen LogP contribution in [0.1, 0.15) is 62.5 Å². The summed E-state index contributed by atoms with van der Waals surface area (Å²) in [7, 11) is -4.20. The zero-order valence-electron chi connectivity index (χ0n) is 20.6. The van der Waals surface area contributed by atoms with Crippen LogP contribution in [0.4, 0.5) is 0 Å². The minimum Gasteiger partial charge on any atom is -0.490 e. The molecule has 1 aliphatic heterocycles. The van der Waals surface area contributed by atoms with Gasteiger partial charge >= 0.3 is 10.1 Å². The van der Waals surface area contributed by atoms with E-state index in [1.54, 1.807) is 31.2 Å². The number of benzene rings is 2. The Kier molecular flexibility index (Phi) is 6.89. The van der Waals surface area contributed by atoms with Crippen LogP contribution in [-0.4, -0.2) is 26.6 Å². The van der Waals surface area contributed by atoms with Crippen LogP contribution < -0.4 is 8.92 Å². The number of hydrogen-bond acceptors (Lipinski definition) is 7. The first kappa shape index (κ1) is 25.5. The molecule has 2 aromatic rings.